The Morgan fingerprint density at radius 3 is 2.30 bits per heavy atom. The standard InChI is InChI=1S/C6H8BBrN2/c7-3-5-6(4-8)10-2-1-9-5/h1-2H,3-4,7H2. The number of halogens is 1. The van der Waals surface area contributed by atoms with Gasteiger partial charge in [-0.05, 0) is 6.32 Å². The average Bonchev–Trinajstić information content (AvgIpc) is 2.04. The number of nitrogens with zero attached hydrogens (tertiary/aromatic N) is 2. The highest BCUT2D eigenvalue weighted by atomic mass is 79.9. The van der Waals surface area contributed by atoms with Crippen molar-refractivity contribution in [3.05, 3.63) is 23.8 Å². The minimum atomic E-state index is 0.796. The van der Waals surface area contributed by atoms with Gasteiger partial charge in [0.05, 0.1) is 11.4 Å². The topological polar surface area (TPSA) is 25.8 Å². The van der Waals surface area contributed by atoms with Crippen molar-refractivity contribution in [2.24, 2.45) is 0 Å². The van der Waals surface area contributed by atoms with E-state index in [4.69, 9.17) is 0 Å². The molecule has 52 valence electrons. The summed E-state index contributed by atoms with van der Waals surface area (Å²) in [6.45, 7) is 0. The lowest BCUT2D eigenvalue weighted by atomic mass is 10.0. The molecular weight excluding hydrogens is 191 g/mol. The fraction of sp³-hybridized carbons (Fsp3) is 0.333. The SMILES string of the molecule is BCc1nccnc1CBr. The molecule has 1 aromatic heterocycles. The molecular formula is C6H8BBrN2. The van der Waals surface area contributed by atoms with E-state index in [0.29, 0.717) is 0 Å². The third kappa shape index (κ3) is 1.56. The largest absolute Gasteiger partial charge is 0.259 e. The Kier molecular flexibility index (Phi) is 2.87. The van der Waals surface area contributed by atoms with Gasteiger partial charge >= 0.3 is 0 Å². The maximum absolute atomic E-state index is 4.18. The first-order valence-electron chi connectivity index (χ1n) is 3.23. The molecule has 10 heavy (non-hydrogen) atoms. The van der Waals surface area contributed by atoms with Gasteiger partial charge in [0, 0.05) is 17.7 Å². The highest BCUT2D eigenvalue weighted by Gasteiger charge is 1.98. The molecule has 0 fully saturated rings. The number of aromatic nitrogens is 2. The van der Waals surface area contributed by atoms with Crippen LogP contribution in [0.25, 0.3) is 0 Å². The molecule has 4 heteroatoms. The van der Waals surface area contributed by atoms with Crippen molar-refractivity contribution in [2.45, 2.75) is 11.7 Å². The molecule has 0 spiro atoms. The smallest absolute Gasteiger partial charge is 0.109 e. The predicted molar refractivity (Wildman–Crippen MR) is 46.9 cm³/mol. The summed E-state index contributed by atoms with van der Waals surface area (Å²) >= 11 is 3.35. The van der Waals surface area contributed by atoms with Crippen molar-refractivity contribution in [1.29, 1.82) is 0 Å². The zero-order valence-corrected chi connectivity index (χ0v) is 7.43. The van der Waals surface area contributed by atoms with Gasteiger partial charge in [0.2, 0.25) is 0 Å². The average molecular weight is 199 g/mol. The first-order valence-corrected chi connectivity index (χ1v) is 4.35. The van der Waals surface area contributed by atoms with Crippen molar-refractivity contribution >= 4 is 23.8 Å². The van der Waals surface area contributed by atoms with Crippen molar-refractivity contribution in [1.82, 2.24) is 9.97 Å². The first kappa shape index (κ1) is 7.73. The molecule has 2 nitrogen and oxygen atoms in total. The Morgan fingerprint density at radius 1 is 1.30 bits per heavy atom. The maximum atomic E-state index is 4.18. The van der Waals surface area contributed by atoms with E-state index >= 15 is 0 Å². The predicted octanol–water partition coefficient (Wildman–Crippen LogP) is 0.505. The zero-order chi connectivity index (χ0) is 7.40. The van der Waals surface area contributed by atoms with Crippen LogP contribution in [0.3, 0.4) is 0 Å². The van der Waals surface area contributed by atoms with Crippen LogP contribution in [0.4, 0.5) is 0 Å². The summed E-state index contributed by atoms with van der Waals surface area (Å²) in [6, 6.07) is 0. The Morgan fingerprint density at radius 2 is 1.90 bits per heavy atom. The summed E-state index contributed by atoms with van der Waals surface area (Å²) < 4.78 is 0. The van der Waals surface area contributed by atoms with Crippen molar-refractivity contribution in [2.75, 3.05) is 0 Å². The van der Waals surface area contributed by atoms with E-state index in [2.05, 4.69) is 33.7 Å². The third-order valence-electron chi connectivity index (χ3n) is 1.32. The lowest BCUT2D eigenvalue weighted by Crippen LogP contribution is -1.97. The van der Waals surface area contributed by atoms with E-state index < -0.39 is 0 Å². The minimum absolute atomic E-state index is 0.796. The molecule has 0 N–H and O–H groups in total. The molecule has 0 aliphatic heterocycles. The Hall–Kier alpha value is -0.375. The molecule has 0 amide bonds. The summed E-state index contributed by atoms with van der Waals surface area (Å²) in [7, 11) is 2.08. The van der Waals surface area contributed by atoms with Crippen molar-refractivity contribution in [3.8, 4) is 0 Å². The van der Waals surface area contributed by atoms with E-state index in [1.807, 2.05) is 0 Å². The van der Waals surface area contributed by atoms with Gasteiger partial charge in [0.15, 0.2) is 0 Å². The number of alkyl halides is 1. The summed E-state index contributed by atoms with van der Waals surface area (Å²) in [5, 5.41) is 0.796. The van der Waals surface area contributed by atoms with E-state index in [9.17, 15) is 0 Å². The number of hydrogen-bond donors (Lipinski definition) is 0. The molecule has 0 aliphatic rings. The molecule has 1 rings (SSSR count). The normalized spacial score (nSPS) is 9.70. The Labute approximate surface area is 69.6 Å². The minimum Gasteiger partial charge on any atom is -0.259 e. The summed E-state index contributed by atoms with van der Waals surface area (Å²) in [5.74, 6) is 0. The van der Waals surface area contributed by atoms with Crippen LogP contribution in [0.5, 0.6) is 0 Å². The van der Waals surface area contributed by atoms with Gasteiger partial charge in [-0.2, -0.15) is 0 Å². The van der Waals surface area contributed by atoms with Gasteiger partial charge in [0.25, 0.3) is 0 Å². The molecule has 0 saturated heterocycles. The summed E-state index contributed by atoms with van der Waals surface area (Å²) in [4.78, 5) is 8.33. The van der Waals surface area contributed by atoms with E-state index in [0.717, 1.165) is 23.0 Å². The van der Waals surface area contributed by atoms with Crippen LogP contribution >= 0.6 is 15.9 Å². The van der Waals surface area contributed by atoms with Gasteiger partial charge in [-0.15, -0.1) is 0 Å². The van der Waals surface area contributed by atoms with Crippen LogP contribution in [-0.4, -0.2) is 17.8 Å². The highest BCUT2D eigenvalue weighted by Crippen LogP contribution is 2.04. The Bertz CT molecular complexity index is 194. The molecule has 0 bridgehead atoms. The fourth-order valence-electron chi connectivity index (χ4n) is 0.803. The van der Waals surface area contributed by atoms with Gasteiger partial charge in [-0.3, -0.25) is 9.97 Å². The molecule has 0 unspecified atom stereocenters. The summed E-state index contributed by atoms with van der Waals surface area (Å²) in [6.07, 6.45) is 4.40. The van der Waals surface area contributed by atoms with Crippen LogP contribution in [0.2, 0.25) is 0 Å². The van der Waals surface area contributed by atoms with Gasteiger partial charge in [0.1, 0.15) is 7.85 Å². The molecule has 0 saturated carbocycles. The second-order valence-electron chi connectivity index (χ2n) is 1.94. The van der Waals surface area contributed by atoms with E-state index in [1.54, 1.807) is 12.4 Å². The second kappa shape index (κ2) is 3.71. The third-order valence-corrected chi connectivity index (χ3v) is 1.85. The molecule has 0 aliphatic carbocycles. The van der Waals surface area contributed by atoms with Crippen LogP contribution in [0.1, 0.15) is 11.4 Å². The van der Waals surface area contributed by atoms with Gasteiger partial charge in [-0.25, -0.2) is 0 Å². The molecule has 0 radical (unpaired) electrons. The van der Waals surface area contributed by atoms with Gasteiger partial charge < -0.3 is 0 Å². The van der Waals surface area contributed by atoms with Crippen LogP contribution in [0.15, 0.2) is 12.4 Å². The molecule has 1 heterocycles. The van der Waals surface area contributed by atoms with E-state index in [-0.39, 0.29) is 0 Å². The molecule has 0 aromatic carbocycles. The quantitative estimate of drug-likeness (QED) is 0.511. The lowest BCUT2D eigenvalue weighted by molar-refractivity contribution is 1.02. The molecule has 1 aromatic rings. The highest BCUT2D eigenvalue weighted by molar-refractivity contribution is 9.08. The number of hydrogen-bond acceptors (Lipinski definition) is 2. The second-order valence-corrected chi connectivity index (χ2v) is 2.50. The Balaban J connectivity index is 2.96. The van der Waals surface area contributed by atoms with Crippen LogP contribution in [0, 0.1) is 0 Å². The van der Waals surface area contributed by atoms with Crippen LogP contribution in [-0.2, 0) is 11.7 Å². The maximum Gasteiger partial charge on any atom is 0.109 e. The van der Waals surface area contributed by atoms with Gasteiger partial charge in [-0.1, -0.05) is 15.9 Å². The van der Waals surface area contributed by atoms with Crippen LogP contribution < -0.4 is 0 Å². The fourth-order valence-corrected chi connectivity index (χ4v) is 1.27. The summed E-state index contributed by atoms with van der Waals surface area (Å²) in [5.41, 5.74) is 2.13. The zero-order valence-electron chi connectivity index (χ0n) is 5.84. The van der Waals surface area contributed by atoms with Crippen molar-refractivity contribution < 1.29 is 0 Å². The lowest BCUT2D eigenvalue weighted by Gasteiger charge is -1.99. The number of rotatable bonds is 2. The molecule has 0 atom stereocenters. The monoisotopic (exact) mass is 198 g/mol. The first-order chi connectivity index (χ1) is 4.88. The van der Waals surface area contributed by atoms with Crippen molar-refractivity contribution in [3.63, 3.8) is 0 Å². The van der Waals surface area contributed by atoms with E-state index in [1.165, 1.54) is 0 Å².